The highest BCUT2D eigenvalue weighted by Crippen LogP contribution is 2.38. The summed E-state index contributed by atoms with van der Waals surface area (Å²) in [5, 5.41) is 32.3. The Labute approximate surface area is 227 Å². The molecule has 0 aliphatic carbocycles. The minimum atomic E-state index is -0.711. The Kier molecular flexibility index (Phi) is 14.8. The summed E-state index contributed by atoms with van der Waals surface area (Å²) in [6.07, 6.45) is 1.14. The Morgan fingerprint density at radius 1 is 1.28 bits per heavy atom. The van der Waals surface area contributed by atoms with E-state index in [0.717, 1.165) is 10.9 Å². The van der Waals surface area contributed by atoms with Gasteiger partial charge in [0.15, 0.2) is 0 Å². The molecule has 2 aromatic rings. The van der Waals surface area contributed by atoms with Gasteiger partial charge >= 0.3 is 0 Å². The average Bonchev–Trinajstić information content (AvgIpc) is 3.22. The van der Waals surface area contributed by atoms with Crippen LogP contribution in [0.4, 0.5) is 4.39 Å². The predicted molar refractivity (Wildman–Crippen MR) is 145 cm³/mol. The lowest BCUT2D eigenvalue weighted by atomic mass is 9.79. The van der Waals surface area contributed by atoms with E-state index in [2.05, 4.69) is 53.4 Å². The molecule has 0 saturated carbocycles. The fraction of sp³-hybridized carbons (Fsp3) is 0.481. The third-order valence-electron chi connectivity index (χ3n) is 5.48. The number of halogens is 3. The van der Waals surface area contributed by atoms with Crippen molar-refractivity contribution in [3.63, 3.8) is 0 Å². The molecule has 9 heteroatoms. The first-order valence-corrected chi connectivity index (χ1v) is 12.9. The van der Waals surface area contributed by atoms with E-state index in [1.165, 1.54) is 6.07 Å². The maximum Gasteiger partial charge on any atom is 0.207 e. The smallest absolute Gasteiger partial charge is 0.207 e. The van der Waals surface area contributed by atoms with Gasteiger partial charge in [-0.15, -0.1) is 0 Å². The molecule has 198 valence electrons. The molecule has 4 N–H and O–H groups in total. The third-order valence-corrected chi connectivity index (χ3v) is 6.30. The van der Waals surface area contributed by atoms with Gasteiger partial charge in [0.05, 0.1) is 29.7 Å². The number of rotatable bonds is 7. The Morgan fingerprint density at radius 3 is 2.44 bits per heavy atom. The Hall–Kier alpha value is -2.02. The van der Waals surface area contributed by atoms with Crippen LogP contribution in [0.15, 0.2) is 53.0 Å². The van der Waals surface area contributed by atoms with E-state index in [4.69, 9.17) is 21.8 Å². The van der Waals surface area contributed by atoms with Crippen LogP contribution >= 0.6 is 27.5 Å². The zero-order valence-corrected chi connectivity index (χ0v) is 23.3. The van der Waals surface area contributed by atoms with Gasteiger partial charge in [0.25, 0.3) is 0 Å². The predicted octanol–water partition coefficient (Wildman–Crippen LogP) is 5.04. The molecule has 1 saturated heterocycles. The zero-order valence-electron chi connectivity index (χ0n) is 20.9. The molecule has 6 nitrogen and oxygen atoms in total. The molecule has 1 aliphatic rings. The molecule has 0 radical (unpaired) electrons. The van der Waals surface area contributed by atoms with Crippen LogP contribution in [0.25, 0.3) is 0 Å². The summed E-state index contributed by atoms with van der Waals surface area (Å²) in [5.74, 6) is -0.745. The quantitative estimate of drug-likeness (QED) is 0.270. The second-order valence-corrected chi connectivity index (χ2v) is 11.0. The monoisotopic (exact) mass is 583 g/mol. The molecule has 3 rings (SSSR count). The summed E-state index contributed by atoms with van der Waals surface area (Å²) >= 11 is 9.16. The van der Waals surface area contributed by atoms with E-state index >= 15 is 0 Å². The van der Waals surface area contributed by atoms with Crippen LogP contribution in [-0.4, -0.2) is 48.5 Å². The zero-order chi connectivity index (χ0) is 27.1. The summed E-state index contributed by atoms with van der Waals surface area (Å²) in [6.45, 7) is 7.23. The number of hydrogen-bond donors (Lipinski definition) is 4. The van der Waals surface area contributed by atoms with E-state index < -0.39 is 11.9 Å². The summed E-state index contributed by atoms with van der Waals surface area (Å²) in [4.78, 5) is 9.62. The molecule has 1 aliphatic heterocycles. The molecule has 36 heavy (non-hydrogen) atoms. The van der Waals surface area contributed by atoms with Crippen LogP contribution in [0.2, 0.25) is 5.02 Å². The SMILES string of the molecule is Brc1ccccc1.CC(C)(C)CC1NCC(c2cccc(Cl)c2F)C1C#N.O=CNCCC(O)CO. The van der Waals surface area contributed by atoms with Crippen molar-refractivity contribution in [2.75, 3.05) is 19.7 Å². The fourth-order valence-electron chi connectivity index (χ4n) is 3.78. The maximum atomic E-state index is 14.2. The molecule has 1 amide bonds. The number of hydrogen-bond acceptors (Lipinski definition) is 5. The Bertz CT molecular complexity index is 954. The molecule has 1 heterocycles. The second kappa shape index (κ2) is 16.7. The van der Waals surface area contributed by atoms with Gasteiger partial charge in [-0.2, -0.15) is 5.26 Å². The van der Waals surface area contributed by atoms with Crippen molar-refractivity contribution in [1.29, 1.82) is 5.26 Å². The number of carbonyl (C=O) groups is 1. The third kappa shape index (κ3) is 11.8. The van der Waals surface area contributed by atoms with Crippen LogP contribution in [0.1, 0.15) is 45.1 Å². The number of aliphatic hydroxyl groups excluding tert-OH is 2. The first kappa shape index (κ1) is 32.0. The molecule has 4 atom stereocenters. The summed E-state index contributed by atoms with van der Waals surface area (Å²) < 4.78 is 15.3. The molecular weight excluding hydrogens is 549 g/mol. The lowest BCUT2D eigenvalue weighted by molar-refractivity contribution is -0.109. The van der Waals surface area contributed by atoms with Gasteiger partial charge in [-0.3, -0.25) is 4.79 Å². The molecule has 0 bridgehead atoms. The minimum Gasteiger partial charge on any atom is -0.394 e. The fourth-order valence-corrected chi connectivity index (χ4v) is 4.26. The van der Waals surface area contributed by atoms with Crippen molar-refractivity contribution in [1.82, 2.24) is 10.6 Å². The van der Waals surface area contributed by atoms with Gasteiger partial charge in [-0.1, -0.05) is 78.6 Å². The highest BCUT2D eigenvalue weighted by atomic mass is 79.9. The second-order valence-electron chi connectivity index (χ2n) is 9.68. The molecule has 4 unspecified atom stereocenters. The van der Waals surface area contributed by atoms with Crippen LogP contribution in [-0.2, 0) is 4.79 Å². The van der Waals surface area contributed by atoms with Crippen molar-refractivity contribution in [3.05, 3.63) is 69.4 Å². The number of benzene rings is 2. The van der Waals surface area contributed by atoms with Crippen molar-refractivity contribution in [2.45, 2.75) is 51.7 Å². The van der Waals surface area contributed by atoms with Gasteiger partial charge in [0, 0.05) is 29.5 Å². The number of nitrogens with zero attached hydrogens (tertiary/aromatic N) is 1. The molecule has 1 fully saturated rings. The number of aliphatic hydroxyl groups is 2. The van der Waals surface area contributed by atoms with E-state index in [9.17, 15) is 14.4 Å². The van der Waals surface area contributed by atoms with E-state index in [-0.39, 0.29) is 34.9 Å². The van der Waals surface area contributed by atoms with Crippen molar-refractivity contribution in [2.24, 2.45) is 11.3 Å². The average molecular weight is 585 g/mol. The van der Waals surface area contributed by atoms with Gasteiger partial charge < -0.3 is 20.8 Å². The lowest BCUT2D eigenvalue weighted by Crippen LogP contribution is -2.31. The van der Waals surface area contributed by atoms with Crippen LogP contribution in [0.5, 0.6) is 0 Å². The summed E-state index contributed by atoms with van der Waals surface area (Å²) in [6, 6.07) is 17.4. The van der Waals surface area contributed by atoms with Gasteiger partial charge in [-0.05, 0) is 42.0 Å². The summed E-state index contributed by atoms with van der Waals surface area (Å²) in [5.41, 5.74) is 0.683. The highest BCUT2D eigenvalue weighted by molar-refractivity contribution is 9.10. The highest BCUT2D eigenvalue weighted by Gasteiger charge is 2.39. The van der Waals surface area contributed by atoms with E-state index in [0.29, 0.717) is 31.5 Å². The molecule has 0 aromatic heterocycles. The van der Waals surface area contributed by atoms with Crippen LogP contribution in [0.3, 0.4) is 0 Å². The minimum absolute atomic E-state index is 0.100. The number of carbonyl (C=O) groups excluding carboxylic acids is 1. The van der Waals surface area contributed by atoms with Gasteiger partial charge in [-0.25, -0.2) is 4.39 Å². The summed E-state index contributed by atoms with van der Waals surface area (Å²) in [7, 11) is 0. The van der Waals surface area contributed by atoms with E-state index in [1.807, 2.05) is 30.3 Å². The topological polar surface area (TPSA) is 105 Å². The van der Waals surface area contributed by atoms with E-state index in [1.54, 1.807) is 12.1 Å². The number of amides is 1. The van der Waals surface area contributed by atoms with Gasteiger partial charge in [0.2, 0.25) is 6.41 Å². The molecular formula is C27H36BrClFN3O3. The number of nitrogens with one attached hydrogen (secondary N) is 2. The Morgan fingerprint density at radius 2 is 1.94 bits per heavy atom. The standard InChI is InChI=1S/C16H20ClFN2.C6H5Br.C5H11NO3/c1-16(2,3)7-14-11(8-19)12(9-20-14)10-5-4-6-13(17)15(10)18;7-6-4-2-1-3-5-6;7-3-5(9)1-2-6-4-8/h4-6,11-12,14,20H,7,9H2,1-3H3;1-5H;4-5,7,9H,1-3H2,(H,6,8). The first-order valence-electron chi connectivity index (χ1n) is 11.8. The first-order chi connectivity index (χ1) is 17.0. The van der Waals surface area contributed by atoms with Crippen molar-refractivity contribution >= 4 is 33.9 Å². The normalized spacial score (nSPS) is 19.6. The lowest BCUT2D eigenvalue weighted by Gasteiger charge is -2.26. The van der Waals surface area contributed by atoms with Gasteiger partial charge in [0.1, 0.15) is 5.82 Å². The van der Waals surface area contributed by atoms with Crippen molar-refractivity contribution < 1.29 is 19.4 Å². The van der Waals surface area contributed by atoms with Crippen LogP contribution < -0.4 is 10.6 Å². The maximum absolute atomic E-state index is 14.2. The van der Waals surface area contributed by atoms with Crippen LogP contribution in [0, 0.1) is 28.5 Å². The molecule has 2 aromatic carbocycles. The Balaban J connectivity index is 0.000000333. The number of nitriles is 1. The largest absolute Gasteiger partial charge is 0.394 e. The molecule has 0 spiro atoms. The van der Waals surface area contributed by atoms with Crippen molar-refractivity contribution in [3.8, 4) is 6.07 Å².